The molecule has 0 radical (unpaired) electrons. The molecule has 0 aromatic rings. The average molecular weight is 191 g/mol. The molecule has 4 nitrogen and oxygen atoms in total. The predicted octanol–water partition coefficient (Wildman–Crippen LogP) is -0.0796. The van der Waals surface area contributed by atoms with Crippen molar-refractivity contribution in [3.8, 4) is 0 Å². The summed E-state index contributed by atoms with van der Waals surface area (Å²) in [4.78, 5) is 10.3. The van der Waals surface area contributed by atoms with Crippen LogP contribution in [0.5, 0.6) is 0 Å². The number of thioether (sulfide) groups is 1. The van der Waals surface area contributed by atoms with Crippen LogP contribution in [0, 0.1) is 0 Å². The van der Waals surface area contributed by atoms with Crippen molar-refractivity contribution in [1.29, 1.82) is 0 Å². The van der Waals surface area contributed by atoms with E-state index < -0.39 is 12.0 Å². The van der Waals surface area contributed by atoms with E-state index in [1.54, 1.807) is 11.8 Å². The summed E-state index contributed by atoms with van der Waals surface area (Å²) < 4.78 is 5.14. The van der Waals surface area contributed by atoms with Crippen molar-refractivity contribution < 1.29 is 14.6 Å². The minimum Gasteiger partial charge on any atom is -0.480 e. The third-order valence-electron chi connectivity index (χ3n) is 1.72. The van der Waals surface area contributed by atoms with E-state index in [2.05, 4.69) is 0 Å². The lowest BCUT2D eigenvalue weighted by Gasteiger charge is -2.09. The monoisotopic (exact) mass is 191 g/mol. The van der Waals surface area contributed by atoms with Crippen LogP contribution in [0.3, 0.4) is 0 Å². The van der Waals surface area contributed by atoms with E-state index in [1.165, 1.54) is 0 Å². The fourth-order valence-corrected chi connectivity index (χ4v) is 2.03. The highest BCUT2D eigenvalue weighted by atomic mass is 32.2. The van der Waals surface area contributed by atoms with Gasteiger partial charge in [-0.3, -0.25) is 4.79 Å². The van der Waals surface area contributed by atoms with Gasteiger partial charge in [-0.2, -0.15) is 11.8 Å². The van der Waals surface area contributed by atoms with Crippen LogP contribution in [0.25, 0.3) is 0 Å². The lowest BCUT2D eigenvalue weighted by molar-refractivity contribution is -0.137. The maximum atomic E-state index is 10.3. The van der Waals surface area contributed by atoms with E-state index in [9.17, 15) is 4.79 Å². The Morgan fingerprint density at radius 1 is 1.83 bits per heavy atom. The fraction of sp³-hybridized carbons (Fsp3) is 0.857. The van der Waals surface area contributed by atoms with Gasteiger partial charge >= 0.3 is 5.97 Å². The van der Waals surface area contributed by atoms with Crippen LogP contribution in [0.15, 0.2) is 0 Å². The van der Waals surface area contributed by atoms with Crippen molar-refractivity contribution in [2.45, 2.75) is 17.7 Å². The Kier molecular flexibility index (Phi) is 3.84. The van der Waals surface area contributed by atoms with Gasteiger partial charge in [-0.25, -0.2) is 0 Å². The molecule has 0 bridgehead atoms. The quantitative estimate of drug-likeness (QED) is 0.650. The molecule has 0 spiro atoms. The zero-order valence-electron chi connectivity index (χ0n) is 6.73. The smallest absolute Gasteiger partial charge is 0.321 e. The van der Waals surface area contributed by atoms with Crippen LogP contribution >= 0.6 is 11.8 Å². The summed E-state index contributed by atoms with van der Waals surface area (Å²) in [6.07, 6.45) is 1.01. The van der Waals surface area contributed by atoms with Crippen molar-refractivity contribution in [2.75, 3.05) is 19.0 Å². The molecule has 1 aliphatic heterocycles. The molecule has 3 N–H and O–H groups in total. The number of hydrogen-bond donors (Lipinski definition) is 2. The first-order valence-corrected chi connectivity index (χ1v) is 4.92. The van der Waals surface area contributed by atoms with Crippen LogP contribution < -0.4 is 5.73 Å². The number of carbonyl (C=O) groups is 1. The molecule has 0 amide bonds. The highest BCUT2D eigenvalue weighted by molar-refractivity contribution is 8.00. The first-order chi connectivity index (χ1) is 5.70. The van der Waals surface area contributed by atoms with Gasteiger partial charge in [-0.15, -0.1) is 0 Å². The highest BCUT2D eigenvalue weighted by Gasteiger charge is 2.19. The van der Waals surface area contributed by atoms with Crippen molar-refractivity contribution in [2.24, 2.45) is 5.73 Å². The fourth-order valence-electron chi connectivity index (χ4n) is 0.955. The molecule has 1 rings (SSSR count). The number of hydrogen-bond acceptors (Lipinski definition) is 4. The number of carboxylic acids is 1. The average Bonchev–Trinajstić information content (AvgIpc) is 2.51. The minimum atomic E-state index is -0.929. The van der Waals surface area contributed by atoms with E-state index in [1.807, 2.05) is 0 Å². The van der Waals surface area contributed by atoms with E-state index in [0.717, 1.165) is 19.6 Å². The highest BCUT2D eigenvalue weighted by Crippen LogP contribution is 2.20. The van der Waals surface area contributed by atoms with Gasteiger partial charge in [0.05, 0.1) is 6.61 Å². The van der Waals surface area contributed by atoms with Gasteiger partial charge in [0.1, 0.15) is 6.04 Å². The lowest BCUT2D eigenvalue weighted by atomic mass is 10.4. The Morgan fingerprint density at radius 3 is 3.08 bits per heavy atom. The third kappa shape index (κ3) is 3.00. The van der Waals surface area contributed by atoms with Crippen molar-refractivity contribution in [3.63, 3.8) is 0 Å². The molecule has 0 aliphatic carbocycles. The summed E-state index contributed by atoms with van der Waals surface area (Å²) in [5.41, 5.74) is 5.33. The molecule has 0 aromatic heterocycles. The Labute approximate surface area is 75.5 Å². The van der Waals surface area contributed by atoms with Crippen LogP contribution in [0.2, 0.25) is 0 Å². The Hall–Kier alpha value is -0.260. The Morgan fingerprint density at radius 2 is 2.58 bits per heavy atom. The van der Waals surface area contributed by atoms with Crippen molar-refractivity contribution in [1.82, 2.24) is 0 Å². The van der Waals surface area contributed by atoms with Gasteiger partial charge in [0.15, 0.2) is 0 Å². The molecule has 2 atom stereocenters. The van der Waals surface area contributed by atoms with Gasteiger partial charge in [0.25, 0.3) is 0 Å². The van der Waals surface area contributed by atoms with Gasteiger partial charge in [-0.05, 0) is 6.42 Å². The maximum Gasteiger partial charge on any atom is 0.321 e. The number of nitrogens with two attached hydrogens (primary N) is 1. The lowest BCUT2D eigenvalue weighted by Crippen LogP contribution is -2.33. The van der Waals surface area contributed by atoms with Gasteiger partial charge < -0.3 is 15.6 Å². The van der Waals surface area contributed by atoms with E-state index in [0.29, 0.717) is 11.0 Å². The van der Waals surface area contributed by atoms with Gasteiger partial charge in [-0.1, -0.05) is 0 Å². The van der Waals surface area contributed by atoms with Gasteiger partial charge in [0.2, 0.25) is 0 Å². The SMILES string of the molecule is N[C@@H](CSC1CCOC1)C(=O)O. The largest absolute Gasteiger partial charge is 0.480 e. The molecular weight excluding hydrogens is 178 g/mol. The van der Waals surface area contributed by atoms with Crippen molar-refractivity contribution in [3.05, 3.63) is 0 Å². The molecule has 1 fully saturated rings. The van der Waals surface area contributed by atoms with Crippen molar-refractivity contribution >= 4 is 17.7 Å². The summed E-state index contributed by atoms with van der Waals surface area (Å²) in [5.74, 6) is -0.454. The summed E-state index contributed by atoms with van der Waals surface area (Å²) in [6.45, 7) is 1.52. The molecule has 1 saturated heterocycles. The number of ether oxygens (including phenoxy) is 1. The second kappa shape index (κ2) is 4.69. The minimum absolute atomic E-state index is 0.440. The normalized spacial score (nSPS) is 25.6. The summed E-state index contributed by atoms with van der Waals surface area (Å²) >= 11 is 1.59. The van der Waals surface area contributed by atoms with Crippen LogP contribution in [-0.4, -0.2) is 41.3 Å². The topological polar surface area (TPSA) is 72.5 Å². The van der Waals surface area contributed by atoms with Gasteiger partial charge in [0, 0.05) is 17.6 Å². The molecule has 1 heterocycles. The first kappa shape index (κ1) is 9.83. The number of rotatable bonds is 4. The molecular formula is C7H13NO3S. The van der Waals surface area contributed by atoms with E-state index in [-0.39, 0.29) is 0 Å². The Bertz CT molecular complexity index is 159. The molecule has 0 saturated carbocycles. The molecule has 1 unspecified atom stereocenters. The second-order valence-corrected chi connectivity index (χ2v) is 4.10. The number of carboxylic acid groups (broad SMARTS) is 1. The van der Waals surface area contributed by atoms with E-state index in [4.69, 9.17) is 15.6 Å². The second-order valence-electron chi connectivity index (χ2n) is 2.76. The van der Waals surface area contributed by atoms with Crippen LogP contribution in [-0.2, 0) is 9.53 Å². The molecule has 70 valence electrons. The standard InChI is InChI=1S/C7H13NO3S/c8-6(7(9)10)4-12-5-1-2-11-3-5/h5-6H,1-4,8H2,(H,9,10)/t5?,6-/m0/s1. The molecule has 12 heavy (non-hydrogen) atoms. The summed E-state index contributed by atoms with van der Waals surface area (Å²) in [7, 11) is 0. The molecule has 0 aromatic carbocycles. The maximum absolute atomic E-state index is 10.3. The molecule has 1 aliphatic rings. The number of aliphatic carboxylic acids is 1. The Balaban J connectivity index is 2.11. The predicted molar refractivity (Wildman–Crippen MR) is 47.3 cm³/mol. The van der Waals surface area contributed by atoms with Crippen LogP contribution in [0.1, 0.15) is 6.42 Å². The zero-order chi connectivity index (χ0) is 8.97. The first-order valence-electron chi connectivity index (χ1n) is 3.88. The van der Waals surface area contributed by atoms with Crippen LogP contribution in [0.4, 0.5) is 0 Å². The third-order valence-corrected chi connectivity index (χ3v) is 3.11. The zero-order valence-corrected chi connectivity index (χ0v) is 7.55. The molecule has 5 heteroatoms. The van der Waals surface area contributed by atoms with E-state index >= 15 is 0 Å². The summed E-state index contributed by atoms with van der Waals surface area (Å²) in [6, 6.07) is -0.740. The summed E-state index contributed by atoms with van der Waals surface area (Å²) in [5, 5.41) is 8.93.